The molecule has 0 aromatic heterocycles. The number of hydrogen-bond donors (Lipinski definition) is 2. The van der Waals surface area contributed by atoms with Gasteiger partial charge in [-0.1, -0.05) is 12.8 Å². The van der Waals surface area contributed by atoms with Crippen LogP contribution in [0.1, 0.15) is 32.1 Å². The number of nitrogens with zero attached hydrogens (tertiary/aromatic N) is 1. The van der Waals surface area contributed by atoms with Gasteiger partial charge in [0.05, 0.1) is 0 Å². The molecule has 20 heavy (non-hydrogen) atoms. The van der Waals surface area contributed by atoms with Crippen molar-refractivity contribution in [3.8, 4) is 0 Å². The molecule has 4 heteroatoms. The molecule has 1 aromatic rings. The molecule has 2 rings (SSSR count). The molecule has 1 aromatic carbocycles. The Bertz CT molecular complexity index is 422. The lowest BCUT2D eigenvalue weighted by molar-refractivity contribution is -0.116. The van der Waals surface area contributed by atoms with Gasteiger partial charge in [-0.15, -0.1) is 0 Å². The van der Waals surface area contributed by atoms with Gasteiger partial charge in [-0.05, 0) is 37.1 Å². The van der Waals surface area contributed by atoms with Crippen molar-refractivity contribution in [1.29, 1.82) is 0 Å². The number of anilines is 2. The summed E-state index contributed by atoms with van der Waals surface area (Å²) in [7, 11) is 4.00. The number of hydrogen-bond acceptors (Lipinski definition) is 3. The lowest BCUT2D eigenvalue weighted by atomic mass is 10.2. The van der Waals surface area contributed by atoms with Crippen LogP contribution in [0.5, 0.6) is 0 Å². The van der Waals surface area contributed by atoms with Crippen molar-refractivity contribution in [2.24, 2.45) is 0 Å². The summed E-state index contributed by atoms with van der Waals surface area (Å²) < 4.78 is 0. The number of benzene rings is 1. The highest BCUT2D eigenvalue weighted by atomic mass is 16.1. The molecule has 1 aliphatic carbocycles. The minimum atomic E-state index is 0.0769. The van der Waals surface area contributed by atoms with Crippen LogP contribution in [0.4, 0.5) is 11.4 Å². The van der Waals surface area contributed by atoms with Gasteiger partial charge in [-0.2, -0.15) is 0 Å². The number of carbonyl (C=O) groups is 1. The molecule has 0 unspecified atom stereocenters. The first-order valence-electron chi connectivity index (χ1n) is 7.46. The number of nitrogens with one attached hydrogen (secondary N) is 2. The lowest BCUT2D eigenvalue weighted by Gasteiger charge is -2.13. The van der Waals surface area contributed by atoms with Crippen LogP contribution in [0, 0.1) is 0 Å². The van der Waals surface area contributed by atoms with E-state index in [0.717, 1.165) is 17.9 Å². The van der Waals surface area contributed by atoms with Crippen molar-refractivity contribution < 1.29 is 4.79 Å². The normalized spacial score (nSPS) is 15.3. The standard InChI is InChI=1S/C16H25N3O/c1-19(2)15-9-7-14(8-10-15)18-16(20)11-12-17-13-5-3-4-6-13/h7-10,13,17H,3-6,11-12H2,1-2H3,(H,18,20). The fourth-order valence-electron chi connectivity index (χ4n) is 2.59. The van der Waals surface area contributed by atoms with Gasteiger partial charge in [-0.3, -0.25) is 4.79 Å². The molecule has 0 aliphatic heterocycles. The maximum absolute atomic E-state index is 11.8. The van der Waals surface area contributed by atoms with Crippen molar-refractivity contribution >= 4 is 17.3 Å². The second kappa shape index (κ2) is 7.29. The minimum absolute atomic E-state index is 0.0769. The molecule has 1 amide bonds. The zero-order valence-corrected chi connectivity index (χ0v) is 12.5. The van der Waals surface area contributed by atoms with Gasteiger partial charge in [0.25, 0.3) is 0 Å². The van der Waals surface area contributed by atoms with Crippen molar-refractivity contribution in [2.45, 2.75) is 38.1 Å². The van der Waals surface area contributed by atoms with E-state index >= 15 is 0 Å². The zero-order valence-electron chi connectivity index (χ0n) is 12.5. The van der Waals surface area contributed by atoms with Crippen molar-refractivity contribution in [3.63, 3.8) is 0 Å². The van der Waals surface area contributed by atoms with Crippen LogP contribution in [0.15, 0.2) is 24.3 Å². The third kappa shape index (κ3) is 4.53. The van der Waals surface area contributed by atoms with E-state index in [1.807, 2.05) is 43.3 Å². The average Bonchev–Trinajstić information content (AvgIpc) is 2.92. The third-order valence-electron chi connectivity index (χ3n) is 3.81. The summed E-state index contributed by atoms with van der Waals surface area (Å²) in [6, 6.07) is 8.52. The molecule has 110 valence electrons. The Morgan fingerprint density at radius 3 is 2.45 bits per heavy atom. The smallest absolute Gasteiger partial charge is 0.225 e. The molecule has 4 nitrogen and oxygen atoms in total. The molecule has 0 heterocycles. The lowest BCUT2D eigenvalue weighted by Crippen LogP contribution is -2.29. The summed E-state index contributed by atoms with van der Waals surface area (Å²) in [4.78, 5) is 13.9. The molecular formula is C16H25N3O. The van der Waals surface area contributed by atoms with E-state index in [9.17, 15) is 4.79 Å². The van der Waals surface area contributed by atoms with Crippen LogP contribution in [-0.4, -0.2) is 32.6 Å². The van der Waals surface area contributed by atoms with Crippen molar-refractivity contribution in [1.82, 2.24) is 5.32 Å². The topological polar surface area (TPSA) is 44.4 Å². The predicted molar refractivity (Wildman–Crippen MR) is 84.3 cm³/mol. The van der Waals surface area contributed by atoms with Crippen molar-refractivity contribution in [2.75, 3.05) is 30.9 Å². The van der Waals surface area contributed by atoms with Gasteiger partial charge in [-0.25, -0.2) is 0 Å². The highest BCUT2D eigenvalue weighted by Gasteiger charge is 2.14. The maximum Gasteiger partial charge on any atom is 0.225 e. The van der Waals surface area contributed by atoms with E-state index in [1.54, 1.807) is 0 Å². The SMILES string of the molecule is CN(C)c1ccc(NC(=O)CCNC2CCCC2)cc1. The number of amides is 1. The molecule has 0 bridgehead atoms. The van der Waals surface area contributed by atoms with Crippen molar-refractivity contribution in [3.05, 3.63) is 24.3 Å². The fraction of sp³-hybridized carbons (Fsp3) is 0.562. The quantitative estimate of drug-likeness (QED) is 0.839. The summed E-state index contributed by atoms with van der Waals surface area (Å²) in [5.74, 6) is 0.0769. The van der Waals surface area contributed by atoms with Crippen LogP contribution >= 0.6 is 0 Å². The van der Waals surface area contributed by atoms with E-state index in [4.69, 9.17) is 0 Å². The molecule has 1 aliphatic rings. The first kappa shape index (κ1) is 14.9. The Morgan fingerprint density at radius 2 is 1.85 bits per heavy atom. The van der Waals surface area contributed by atoms with E-state index in [2.05, 4.69) is 10.6 Å². The van der Waals surface area contributed by atoms with Crippen LogP contribution in [-0.2, 0) is 4.79 Å². The first-order chi connectivity index (χ1) is 9.65. The molecule has 0 saturated heterocycles. The van der Waals surface area contributed by atoms with Gasteiger partial charge in [0.15, 0.2) is 0 Å². The van der Waals surface area contributed by atoms with E-state index in [1.165, 1.54) is 25.7 Å². The van der Waals surface area contributed by atoms with Crippen LogP contribution < -0.4 is 15.5 Å². The fourth-order valence-corrected chi connectivity index (χ4v) is 2.59. The monoisotopic (exact) mass is 275 g/mol. The van der Waals surface area contributed by atoms with Gasteiger partial charge >= 0.3 is 0 Å². The zero-order chi connectivity index (χ0) is 14.4. The highest BCUT2D eigenvalue weighted by molar-refractivity contribution is 5.91. The molecule has 1 saturated carbocycles. The predicted octanol–water partition coefficient (Wildman–Crippen LogP) is 2.61. The molecular weight excluding hydrogens is 250 g/mol. The number of carbonyl (C=O) groups excluding carboxylic acids is 1. The molecule has 0 radical (unpaired) electrons. The Labute approximate surface area is 121 Å². The minimum Gasteiger partial charge on any atom is -0.378 e. The summed E-state index contributed by atoms with van der Waals surface area (Å²) in [6.07, 6.45) is 5.69. The van der Waals surface area contributed by atoms with Crippen LogP contribution in [0.2, 0.25) is 0 Å². The molecule has 1 fully saturated rings. The largest absolute Gasteiger partial charge is 0.378 e. The second-order valence-electron chi connectivity index (χ2n) is 5.67. The molecule has 2 N–H and O–H groups in total. The number of rotatable bonds is 6. The summed E-state index contributed by atoms with van der Waals surface area (Å²) >= 11 is 0. The molecule has 0 atom stereocenters. The average molecular weight is 275 g/mol. The van der Waals surface area contributed by atoms with Crippen LogP contribution in [0.3, 0.4) is 0 Å². The maximum atomic E-state index is 11.8. The summed E-state index contributed by atoms with van der Waals surface area (Å²) in [6.45, 7) is 0.770. The molecule has 0 spiro atoms. The van der Waals surface area contributed by atoms with Crippen LogP contribution in [0.25, 0.3) is 0 Å². The van der Waals surface area contributed by atoms with Gasteiger partial charge in [0, 0.05) is 44.5 Å². The van der Waals surface area contributed by atoms with E-state index < -0.39 is 0 Å². The Morgan fingerprint density at radius 1 is 1.20 bits per heavy atom. The Balaban J connectivity index is 1.70. The van der Waals surface area contributed by atoms with E-state index in [0.29, 0.717) is 12.5 Å². The Kier molecular flexibility index (Phi) is 5.41. The summed E-state index contributed by atoms with van der Waals surface area (Å²) in [5, 5.41) is 6.39. The second-order valence-corrected chi connectivity index (χ2v) is 5.67. The van der Waals surface area contributed by atoms with Gasteiger partial charge in [0.1, 0.15) is 0 Å². The Hall–Kier alpha value is -1.55. The van der Waals surface area contributed by atoms with Gasteiger partial charge in [0.2, 0.25) is 5.91 Å². The third-order valence-corrected chi connectivity index (χ3v) is 3.81. The van der Waals surface area contributed by atoms with Gasteiger partial charge < -0.3 is 15.5 Å². The summed E-state index contributed by atoms with van der Waals surface area (Å²) in [5.41, 5.74) is 1.99. The first-order valence-corrected chi connectivity index (χ1v) is 7.46. The highest BCUT2D eigenvalue weighted by Crippen LogP contribution is 2.18. The van der Waals surface area contributed by atoms with E-state index in [-0.39, 0.29) is 5.91 Å².